The Morgan fingerprint density at radius 2 is 1.74 bits per heavy atom. The van der Waals surface area contributed by atoms with Crippen LogP contribution in [0, 0.1) is 0 Å². The van der Waals surface area contributed by atoms with Crippen molar-refractivity contribution in [3.8, 4) is 16.9 Å². The predicted molar refractivity (Wildman–Crippen MR) is 98.0 cm³/mol. The molecule has 3 N–H and O–H groups in total. The fraction of sp³-hybridized carbons (Fsp3) is 0. The van der Waals surface area contributed by atoms with E-state index in [-0.39, 0.29) is 10.6 Å². The molecule has 4 rings (SSSR count). The van der Waals surface area contributed by atoms with E-state index in [1.54, 1.807) is 12.1 Å². The molecule has 0 bridgehead atoms. The van der Waals surface area contributed by atoms with Crippen molar-refractivity contribution in [2.45, 2.75) is 4.90 Å². The number of fused-ring (bicyclic) bond motifs is 1. The van der Waals surface area contributed by atoms with Crippen LogP contribution in [0.5, 0.6) is 5.75 Å². The Balaban J connectivity index is 1.66. The van der Waals surface area contributed by atoms with Crippen LogP contribution in [0.4, 0.5) is 5.69 Å². The summed E-state index contributed by atoms with van der Waals surface area (Å²) in [5, 5.41) is 13.3. The minimum Gasteiger partial charge on any atom is -0.508 e. The van der Waals surface area contributed by atoms with Crippen LogP contribution in [-0.4, -0.2) is 33.1 Å². The van der Waals surface area contributed by atoms with Gasteiger partial charge in [0.2, 0.25) is 0 Å². The van der Waals surface area contributed by atoms with E-state index in [4.69, 9.17) is 0 Å². The molecule has 4 aromatic rings. The Morgan fingerprint density at radius 3 is 2.44 bits per heavy atom. The van der Waals surface area contributed by atoms with Gasteiger partial charge in [0, 0.05) is 11.3 Å². The van der Waals surface area contributed by atoms with Gasteiger partial charge in [-0.05, 0) is 42.0 Å². The molecule has 0 aliphatic rings. The molecule has 0 aliphatic carbocycles. The summed E-state index contributed by atoms with van der Waals surface area (Å²) in [5.74, 6) is 0.0446. The van der Waals surface area contributed by atoms with E-state index in [2.05, 4.69) is 19.8 Å². The Bertz CT molecular complexity index is 1280. The second-order valence-corrected chi connectivity index (χ2v) is 7.36. The highest BCUT2D eigenvalue weighted by Gasteiger charge is 2.16. The lowest BCUT2D eigenvalue weighted by Gasteiger charge is -2.08. The lowest BCUT2D eigenvalue weighted by Crippen LogP contribution is -2.17. The number of phenols is 1. The average molecular weight is 383 g/mol. The van der Waals surface area contributed by atoms with Gasteiger partial charge in [-0.25, -0.2) is 18.2 Å². The van der Waals surface area contributed by atoms with Crippen molar-refractivity contribution in [3.63, 3.8) is 0 Å². The number of aromatic nitrogens is 4. The fourth-order valence-corrected chi connectivity index (χ4v) is 3.64. The van der Waals surface area contributed by atoms with Gasteiger partial charge >= 0.3 is 5.69 Å². The molecular formula is C17H13N5O4S. The van der Waals surface area contributed by atoms with Crippen LogP contribution >= 0.6 is 0 Å². The van der Waals surface area contributed by atoms with Crippen molar-refractivity contribution in [1.29, 1.82) is 0 Å². The number of nitrogens with zero attached hydrogens (tertiary/aromatic N) is 3. The molecule has 136 valence electrons. The summed E-state index contributed by atoms with van der Waals surface area (Å²) in [7, 11) is -3.78. The predicted octanol–water partition coefficient (Wildman–Crippen LogP) is 1.59. The number of sulfonamides is 1. The summed E-state index contributed by atoms with van der Waals surface area (Å²) >= 11 is 0. The first-order chi connectivity index (χ1) is 12.9. The first-order valence-corrected chi connectivity index (χ1v) is 9.26. The van der Waals surface area contributed by atoms with Gasteiger partial charge in [0.05, 0.1) is 17.4 Å². The second-order valence-electron chi connectivity index (χ2n) is 5.68. The van der Waals surface area contributed by atoms with Crippen molar-refractivity contribution >= 4 is 21.4 Å². The number of anilines is 1. The van der Waals surface area contributed by atoms with Crippen LogP contribution < -0.4 is 10.4 Å². The van der Waals surface area contributed by atoms with E-state index in [0.717, 1.165) is 4.52 Å². The summed E-state index contributed by atoms with van der Waals surface area (Å²) in [5.41, 5.74) is 1.58. The zero-order valence-corrected chi connectivity index (χ0v) is 14.5. The normalized spacial score (nSPS) is 11.6. The molecule has 0 unspecified atom stereocenters. The third kappa shape index (κ3) is 3.13. The van der Waals surface area contributed by atoms with Crippen LogP contribution in [0.15, 0.2) is 70.7 Å². The smallest absolute Gasteiger partial charge is 0.349 e. The minimum absolute atomic E-state index is 0.0446. The highest BCUT2D eigenvalue weighted by Crippen LogP contribution is 2.25. The summed E-state index contributed by atoms with van der Waals surface area (Å²) < 4.78 is 28.6. The second kappa shape index (κ2) is 6.25. The molecule has 27 heavy (non-hydrogen) atoms. The topological polar surface area (TPSA) is 129 Å². The molecule has 2 heterocycles. The van der Waals surface area contributed by atoms with E-state index in [9.17, 15) is 18.3 Å². The van der Waals surface area contributed by atoms with Crippen LogP contribution in [0.1, 0.15) is 0 Å². The number of benzene rings is 2. The van der Waals surface area contributed by atoms with Gasteiger partial charge in [-0.1, -0.05) is 12.1 Å². The minimum atomic E-state index is -3.78. The van der Waals surface area contributed by atoms with Crippen molar-refractivity contribution in [2.24, 2.45) is 0 Å². The zero-order valence-electron chi connectivity index (χ0n) is 13.7. The van der Waals surface area contributed by atoms with Crippen molar-refractivity contribution in [3.05, 3.63) is 71.5 Å². The molecule has 0 atom stereocenters. The number of aromatic amines is 1. The van der Waals surface area contributed by atoms with Crippen LogP contribution in [-0.2, 0) is 10.0 Å². The first-order valence-electron chi connectivity index (χ1n) is 7.78. The number of aromatic hydroxyl groups is 1. The molecule has 2 aromatic heterocycles. The Morgan fingerprint density at radius 1 is 1.04 bits per heavy atom. The largest absolute Gasteiger partial charge is 0.508 e. The van der Waals surface area contributed by atoms with Gasteiger partial charge in [0.25, 0.3) is 10.0 Å². The first kappa shape index (κ1) is 16.8. The highest BCUT2D eigenvalue weighted by molar-refractivity contribution is 7.92. The summed E-state index contributed by atoms with van der Waals surface area (Å²) in [6.07, 6.45) is 2.78. The Labute approximate surface area is 153 Å². The summed E-state index contributed by atoms with van der Waals surface area (Å²) in [6.45, 7) is 0. The fourth-order valence-electron chi connectivity index (χ4n) is 2.59. The monoisotopic (exact) mass is 383 g/mol. The Hall–Kier alpha value is -3.66. The van der Waals surface area contributed by atoms with Gasteiger partial charge in [-0.3, -0.25) is 9.71 Å². The number of hydrogen-bond acceptors (Lipinski definition) is 6. The molecule has 2 aromatic carbocycles. The number of nitrogens with one attached hydrogen (secondary N) is 2. The molecule has 9 nitrogen and oxygen atoms in total. The van der Waals surface area contributed by atoms with Crippen molar-refractivity contribution in [1.82, 2.24) is 19.6 Å². The van der Waals surface area contributed by atoms with Crippen LogP contribution in [0.25, 0.3) is 16.8 Å². The third-order valence-electron chi connectivity index (χ3n) is 3.91. The number of phenolic OH excluding ortho intramolecular Hbond substituents is 1. The molecule has 0 fully saturated rings. The van der Waals surface area contributed by atoms with Gasteiger partial charge in [-0.15, -0.1) is 0 Å². The quantitative estimate of drug-likeness (QED) is 0.459. The van der Waals surface area contributed by atoms with E-state index >= 15 is 0 Å². The number of hydrogen-bond donors (Lipinski definition) is 3. The molecule has 0 aliphatic heterocycles. The van der Waals surface area contributed by atoms with Gasteiger partial charge in [0.1, 0.15) is 5.75 Å². The summed E-state index contributed by atoms with van der Waals surface area (Å²) in [4.78, 5) is 18.3. The lowest BCUT2D eigenvalue weighted by atomic mass is 10.1. The van der Waals surface area contributed by atoms with Gasteiger partial charge < -0.3 is 5.11 Å². The zero-order chi connectivity index (χ0) is 19.0. The average Bonchev–Trinajstić information content (AvgIpc) is 3.09. The lowest BCUT2D eigenvalue weighted by molar-refractivity contribution is 0.475. The maximum absolute atomic E-state index is 12.5. The third-order valence-corrected chi connectivity index (χ3v) is 5.30. The van der Waals surface area contributed by atoms with E-state index < -0.39 is 15.7 Å². The standard InChI is InChI=1S/C17H13N5O4S/c23-13-5-3-12(4-6-13)21-27(25,26)14-7-1-11(2-8-14)15-9-20-22-16(15)18-10-19-17(22)24/h1-10,21,23H,(H,18,19,24). The van der Waals surface area contributed by atoms with Crippen molar-refractivity contribution < 1.29 is 13.5 Å². The number of H-pyrrole nitrogens is 1. The Kier molecular flexibility index (Phi) is 3.89. The van der Waals surface area contributed by atoms with Gasteiger partial charge in [-0.2, -0.15) is 9.61 Å². The van der Waals surface area contributed by atoms with Crippen molar-refractivity contribution in [2.75, 3.05) is 4.72 Å². The maximum Gasteiger partial charge on any atom is 0.349 e. The van der Waals surface area contributed by atoms with Crippen LogP contribution in [0.3, 0.4) is 0 Å². The molecule has 0 radical (unpaired) electrons. The highest BCUT2D eigenvalue weighted by atomic mass is 32.2. The summed E-state index contributed by atoms with van der Waals surface area (Å²) in [6, 6.07) is 11.8. The molecular weight excluding hydrogens is 370 g/mol. The van der Waals surface area contributed by atoms with Crippen LogP contribution in [0.2, 0.25) is 0 Å². The SMILES string of the molecule is O=c1[nH]cnc2c(-c3ccc(S(=O)(=O)Nc4ccc(O)cc4)cc3)cnn12. The molecule has 0 saturated heterocycles. The van der Waals surface area contributed by atoms with E-state index in [1.807, 2.05) is 0 Å². The molecule has 10 heteroatoms. The van der Waals surface area contributed by atoms with E-state index in [1.165, 1.54) is 48.9 Å². The molecule has 0 saturated carbocycles. The molecule has 0 spiro atoms. The van der Waals surface area contributed by atoms with Gasteiger partial charge in [0.15, 0.2) is 5.65 Å². The molecule has 0 amide bonds. The maximum atomic E-state index is 12.5. The van der Waals surface area contributed by atoms with E-state index in [0.29, 0.717) is 22.5 Å². The number of rotatable bonds is 4.